The number of nitrogens with one attached hydrogen (secondary N) is 1. The van der Waals surface area contributed by atoms with E-state index >= 15 is 0 Å². The van der Waals surface area contributed by atoms with Gasteiger partial charge in [0.15, 0.2) is 5.69 Å². The molecule has 1 aromatic rings. The molecule has 0 fully saturated rings. The number of carbonyl (C=O) groups is 2. The molecule has 1 rings (SSSR count). The quantitative estimate of drug-likeness (QED) is 0.685. The van der Waals surface area contributed by atoms with Crippen LogP contribution < -0.4 is 11.1 Å². The van der Waals surface area contributed by atoms with Gasteiger partial charge in [0.2, 0.25) is 5.91 Å². The fourth-order valence-electron chi connectivity index (χ4n) is 1.34. The van der Waals surface area contributed by atoms with Gasteiger partial charge in [0.1, 0.15) is 5.01 Å². The molecule has 1 aromatic heterocycles. The first-order chi connectivity index (χ1) is 8.49. The Hall–Kier alpha value is -1.47. The van der Waals surface area contributed by atoms with Crippen LogP contribution in [-0.4, -0.2) is 28.0 Å². The normalized spacial score (nSPS) is 12.1. The minimum Gasteiger partial charge on any atom is -0.476 e. The van der Waals surface area contributed by atoms with Gasteiger partial charge >= 0.3 is 5.97 Å². The molecule has 6 nitrogen and oxygen atoms in total. The van der Waals surface area contributed by atoms with Crippen LogP contribution in [0.2, 0.25) is 0 Å². The summed E-state index contributed by atoms with van der Waals surface area (Å²) < 4.78 is 0. The third kappa shape index (κ3) is 5.24. The highest BCUT2D eigenvalue weighted by atomic mass is 32.1. The number of carbonyl (C=O) groups excluding carboxylic acids is 1. The zero-order valence-corrected chi connectivity index (χ0v) is 11.0. The lowest BCUT2D eigenvalue weighted by molar-refractivity contribution is -0.121. The second-order valence-corrected chi connectivity index (χ2v) is 5.02. The molecule has 4 N–H and O–H groups in total. The van der Waals surface area contributed by atoms with Crippen LogP contribution in [0.25, 0.3) is 0 Å². The molecule has 1 amide bonds. The predicted octanol–water partition coefficient (Wildman–Crippen LogP) is 0.975. The van der Waals surface area contributed by atoms with E-state index in [0.717, 1.165) is 12.8 Å². The van der Waals surface area contributed by atoms with Crippen LogP contribution in [0.4, 0.5) is 0 Å². The van der Waals surface area contributed by atoms with Gasteiger partial charge in [-0.1, -0.05) is 0 Å². The Morgan fingerprint density at radius 1 is 1.61 bits per heavy atom. The van der Waals surface area contributed by atoms with E-state index < -0.39 is 5.97 Å². The van der Waals surface area contributed by atoms with Crippen molar-refractivity contribution < 1.29 is 14.7 Å². The average molecular weight is 271 g/mol. The lowest BCUT2D eigenvalue weighted by Gasteiger charge is -2.05. The summed E-state index contributed by atoms with van der Waals surface area (Å²) in [5, 5.41) is 13.4. The maximum atomic E-state index is 11.4. The molecule has 18 heavy (non-hydrogen) atoms. The first-order valence-corrected chi connectivity index (χ1v) is 6.57. The van der Waals surface area contributed by atoms with Crippen molar-refractivity contribution in [2.75, 3.05) is 0 Å². The molecule has 0 aliphatic heterocycles. The van der Waals surface area contributed by atoms with Crippen LogP contribution in [0.15, 0.2) is 5.38 Å². The molecule has 0 spiro atoms. The third-order valence-corrected chi connectivity index (χ3v) is 3.12. The average Bonchev–Trinajstić information content (AvgIpc) is 2.74. The molecule has 1 heterocycles. The summed E-state index contributed by atoms with van der Waals surface area (Å²) in [6, 6.07) is 0.106. The summed E-state index contributed by atoms with van der Waals surface area (Å²) in [4.78, 5) is 25.9. The highest BCUT2D eigenvalue weighted by molar-refractivity contribution is 7.09. The molecular formula is C11H17N3O3S. The van der Waals surface area contributed by atoms with Crippen LogP contribution >= 0.6 is 11.3 Å². The highest BCUT2D eigenvalue weighted by Gasteiger charge is 2.09. The molecule has 1 atom stereocenters. The first-order valence-electron chi connectivity index (χ1n) is 5.69. The Labute approximate surface area is 109 Å². The molecule has 0 bridgehead atoms. The zero-order valence-electron chi connectivity index (χ0n) is 10.2. The van der Waals surface area contributed by atoms with Gasteiger partial charge in [0.05, 0.1) is 6.54 Å². The summed E-state index contributed by atoms with van der Waals surface area (Å²) in [6.45, 7) is 2.18. The molecule has 0 saturated carbocycles. The molecule has 1 unspecified atom stereocenters. The number of carboxylic acid groups (broad SMARTS) is 1. The smallest absolute Gasteiger partial charge is 0.355 e. The van der Waals surface area contributed by atoms with Crippen molar-refractivity contribution in [3.63, 3.8) is 0 Å². The number of carboxylic acids is 1. The summed E-state index contributed by atoms with van der Waals surface area (Å²) in [6.07, 6.45) is 1.99. The number of hydrogen-bond donors (Lipinski definition) is 3. The van der Waals surface area contributed by atoms with E-state index in [9.17, 15) is 9.59 Å². The lowest BCUT2D eigenvalue weighted by Crippen LogP contribution is -2.23. The Kier molecular flexibility index (Phi) is 5.73. The van der Waals surface area contributed by atoms with Gasteiger partial charge < -0.3 is 16.2 Å². The zero-order chi connectivity index (χ0) is 13.5. The minimum atomic E-state index is -1.05. The van der Waals surface area contributed by atoms with E-state index in [2.05, 4.69) is 10.3 Å². The summed E-state index contributed by atoms with van der Waals surface area (Å²) >= 11 is 1.22. The van der Waals surface area contributed by atoms with Gasteiger partial charge in [-0.2, -0.15) is 0 Å². The number of nitrogens with two attached hydrogens (primary N) is 1. The van der Waals surface area contributed by atoms with E-state index in [4.69, 9.17) is 10.8 Å². The maximum Gasteiger partial charge on any atom is 0.355 e. The maximum absolute atomic E-state index is 11.4. The van der Waals surface area contributed by atoms with E-state index in [0.29, 0.717) is 11.4 Å². The van der Waals surface area contributed by atoms with Gasteiger partial charge in [-0.25, -0.2) is 9.78 Å². The van der Waals surface area contributed by atoms with Crippen molar-refractivity contribution in [2.24, 2.45) is 5.73 Å². The number of hydrogen-bond acceptors (Lipinski definition) is 5. The number of aromatic nitrogens is 1. The highest BCUT2D eigenvalue weighted by Crippen LogP contribution is 2.09. The first kappa shape index (κ1) is 14.6. The van der Waals surface area contributed by atoms with Gasteiger partial charge in [-0.3, -0.25) is 4.79 Å². The summed E-state index contributed by atoms with van der Waals surface area (Å²) in [5.41, 5.74) is 5.59. The standard InChI is InChI=1S/C11H17N3O3S/c1-7(12)3-2-4-9(15)13-5-10-14-8(6-18-10)11(16)17/h6-7H,2-5,12H2,1H3,(H,13,15)(H,16,17). The van der Waals surface area contributed by atoms with Gasteiger partial charge in [0, 0.05) is 17.8 Å². The number of aromatic carboxylic acids is 1. The second kappa shape index (κ2) is 7.07. The number of nitrogens with zero attached hydrogens (tertiary/aromatic N) is 1. The second-order valence-electron chi connectivity index (χ2n) is 4.08. The van der Waals surface area contributed by atoms with E-state index in [1.807, 2.05) is 6.92 Å². The third-order valence-electron chi connectivity index (χ3n) is 2.27. The van der Waals surface area contributed by atoms with Crippen molar-refractivity contribution in [1.82, 2.24) is 10.3 Å². The van der Waals surface area contributed by atoms with Crippen LogP contribution in [0.3, 0.4) is 0 Å². The van der Waals surface area contributed by atoms with E-state index in [-0.39, 0.29) is 24.2 Å². The van der Waals surface area contributed by atoms with Crippen molar-refractivity contribution in [2.45, 2.75) is 38.8 Å². The Morgan fingerprint density at radius 2 is 2.33 bits per heavy atom. The van der Waals surface area contributed by atoms with Crippen molar-refractivity contribution in [1.29, 1.82) is 0 Å². The van der Waals surface area contributed by atoms with Gasteiger partial charge in [-0.15, -0.1) is 11.3 Å². The molecule has 7 heteroatoms. The Morgan fingerprint density at radius 3 is 2.89 bits per heavy atom. The van der Waals surface area contributed by atoms with Crippen molar-refractivity contribution in [3.8, 4) is 0 Å². The molecule has 0 aliphatic rings. The summed E-state index contributed by atoms with van der Waals surface area (Å²) in [5.74, 6) is -1.12. The van der Waals surface area contributed by atoms with Crippen LogP contribution in [0, 0.1) is 0 Å². The summed E-state index contributed by atoms with van der Waals surface area (Å²) in [7, 11) is 0. The fraction of sp³-hybridized carbons (Fsp3) is 0.545. The van der Waals surface area contributed by atoms with Gasteiger partial charge in [0.25, 0.3) is 0 Å². The Bertz CT molecular complexity index is 417. The number of thiazole rings is 1. The topological polar surface area (TPSA) is 105 Å². The van der Waals surface area contributed by atoms with Crippen LogP contribution in [0.5, 0.6) is 0 Å². The molecule has 0 aromatic carbocycles. The van der Waals surface area contributed by atoms with Crippen molar-refractivity contribution >= 4 is 23.2 Å². The van der Waals surface area contributed by atoms with E-state index in [1.165, 1.54) is 16.7 Å². The lowest BCUT2D eigenvalue weighted by atomic mass is 10.1. The molecule has 0 aliphatic carbocycles. The molecule has 0 radical (unpaired) electrons. The van der Waals surface area contributed by atoms with E-state index in [1.54, 1.807) is 0 Å². The molecular weight excluding hydrogens is 254 g/mol. The number of amides is 1. The van der Waals surface area contributed by atoms with Crippen molar-refractivity contribution in [3.05, 3.63) is 16.1 Å². The van der Waals surface area contributed by atoms with Crippen LogP contribution in [-0.2, 0) is 11.3 Å². The molecule has 0 saturated heterocycles. The molecule has 100 valence electrons. The predicted molar refractivity (Wildman–Crippen MR) is 68.4 cm³/mol. The van der Waals surface area contributed by atoms with Crippen LogP contribution in [0.1, 0.15) is 41.7 Å². The minimum absolute atomic E-state index is 0.0150. The SMILES string of the molecule is CC(N)CCCC(=O)NCc1nc(C(=O)O)cs1. The Balaban J connectivity index is 2.27. The number of rotatable bonds is 7. The monoisotopic (exact) mass is 271 g/mol. The van der Waals surface area contributed by atoms with Gasteiger partial charge in [-0.05, 0) is 19.8 Å². The fourth-order valence-corrected chi connectivity index (χ4v) is 2.05. The largest absolute Gasteiger partial charge is 0.476 e.